The van der Waals surface area contributed by atoms with Crippen LogP contribution in [0.2, 0.25) is 5.02 Å². The second-order valence-electron chi connectivity index (χ2n) is 5.09. The molecule has 2 aliphatic rings. The van der Waals surface area contributed by atoms with Crippen molar-refractivity contribution in [1.82, 2.24) is 4.90 Å². The highest BCUT2D eigenvalue weighted by molar-refractivity contribution is 7.96. The van der Waals surface area contributed by atoms with Crippen molar-refractivity contribution < 1.29 is 13.2 Å². The van der Waals surface area contributed by atoms with Crippen LogP contribution in [-0.4, -0.2) is 46.2 Å². The molecule has 3 rings (SSSR count). The number of benzene rings is 1. The molecule has 4 nitrogen and oxygen atoms in total. The van der Waals surface area contributed by atoms with Crippen LogP contribution in [0.5, 0.6) is 0 Å². The summed E-state index contributed by atoms with van der Waals surface area (Å²) in [6.45, 7) is 3.69. The molecule has 1 aromatic rings. The number of hydrogen-bond acceptors (Lipinski definition) is 4. The summed E-state index contributed by atoms with van der Waals surface area (Å²) in [6.07, 6.45) is 0.410. The molecule has 0 radical (unpaired) electrons. The van der Waals surface area contributed by atoms with Crippen molar-refractivity contribution in [2.75, 3.05) is 32.8 Å². The van der Waals surface area contributed by atoms with E-state index >= 15 is 0 Å². The van der Waals surface area contributed by atoms with Gasteiger partial charge in [-0.05, 0) is 18.6 Å². The molecule has 21 heavy (non-hydrogen) atoms. The Morgan fingerprint density at radius 1 is 1.19 bits per heavy atom. The highest BCUT2D eigenvalue weighted by Gasteiger charge is 2.35. The smallest absolute Gasteiger partial charge is 0.205 e. The summed E-state index contributed by atoms with van der Waals surface area (Å²) in [4.78, 5) is 2.71. The Bertz CT molecular complexity index is 694. The van der Waals surface area contributed by atoms with Gasteiger partial charge in [0.1, 0.15) is 0 Å². The van der Waals surface area contributed by atoms with Crippen LogP contribution in [0.25, 0.3) is 5.03 Å². The van der Waals surface area contributed by atoms with Crippen molar-refractivity contribution in [3.63, 3.8) is 0 Å². The summed E-state index contributed by atoms with van der Waals surface area (Å²) in [5.74, 6) is 0. The van der Waals surface area contributed by atoms with Crippen LogP contribution in [0.3, 0.4) is 0 Å². The minimum absolute atomic E-state index is 0.219. The Hall–Kier alpha value is -0.590. The molecule has 1 saturated heterocycles. The number of morpholine rings is 1. The Balaban J connectivity index is 1.84. The summed E-state index contributed by atoms with van der Waals surface area (Å²) in [6, 6.07) is 4.79. The Kier molecular flexibility index (Phi) is 4.30. The van der Waals surface area contributed by atoms with E-state index in [4.69, 9.17) is 27.9 Å². The number of ether oxygens (including phenoxy) is 1. The molecule has 2 heterocycles. The van der Waals surface area contributed by atoms with Gasteiger partial charge in [0.15, 0.2) is 0 Å². The van der Waals surface area contributed by atoms with Crippen molar-refractivity contribution in [3.05, 3.63) is 33.7 Å². The fourth-order valence-electron chi connectivity index (χ4n) is 2.63. The van der Waals surface area contributed by atoms with Gasteiger partial charge in [-0.3, -0.25) is 4.90 Å². The van der Waals surface area contributed by atoms with Crippen LogP contribution in [0.4, 0.5) is 0 Å². The summed E-state index contributed by atoms with van der Waals surface area (Å²) in [5, 5.41) is 0.728. The van der Waals surface area contributed by atoms with Crippen molar-refractivity contribution in [1.29, 1.82) is 0 Å². The summed E-state index contributed by atoms with van der Waals surface area (Å²) in [5.41, 5.74) is 0.554. The van der Waals surface area contributed by atoms with E-state index in [2.05, 4.69) is 4.90 Å². The third kappa shape index (κ3) is 2.85. The Morgan fingerprint density at radius 3 is 2.62 bits per heavy atom. The van der Waals surface area contributed by atoms with E-state index in [1.807, 2.05) is 0 Å². The molecule has 0 N–H and O–H groups in total. The normalized spacial score (nSPS) is 21.6. The van der Waals surface area contributed by atoms with Gasteiger partial charge in [0.25, 0.3) is 0 Å². The van der Waals surface area contributed by atoms with E-state index in [9.17, 15) is 8.42 Å². The van der Waals surface area contributed by atoms with Gasteiger partial charge in [-0.25, -0.2) is 8.42 Å². The monoisotopic (exact) mass is 347 g/mol. The van der Waals surface area contributed by atoms with E-state index < -0.39 is 9.84 Å². The highest BCUT2D eigenvalue weighted by atomic mass is 35.5. The minimum Gasteiger partial charge on any atom is -0.379 e. The highest BCUT2D eigenvalue weighted by Crippen LogP contribution is 2.43. The SMILES string of the molecule is O=S1(=O)C(CCN2CCOCC2)=C(Cl)c2ccc(Cl)cc21. The van der Waals surface area contributed by atoms with E-state index in [1.165, 1.54) is 6.07 Å². The molecule has 1 fully saturated rings. The predicted molar refractivity (Wildman–Crippen MR) is 83.3 cm³/mol. The molecule has 114 valence electrons. The van der Waals surface area contributed by atoms with E-state index in [0.717, 1.165) is 13.1 Å². The Labute approximate surface area is 134 Å². The van der Waals surface area contributed by atoms with Crippen molar-refractivity contribution in [2.24, 2.45) is 0 Å². The predicted octanol–water partition coefficient (Wildman–Crippen LogP) is 2.76. The van der Waals surface area contributed by atoms with Gasteiger partial charge in [0.2, 0.25) is 9.84 Å². The van der Waals surface area contributed by atoms with Crippen LogP contribution in [0.15, 0.2) is 28.0 Å². The lowest BCUT2D eigenvalue weighted by Crippen LogP contribution is -2.37. The molecule has 0 spiro atoms. The molecule has 0 atom stereocenters. The maximum Gasteiger partial charge on any atom is 0.205 e. The zero-order chi connectivity index (χ0) is 15.0. The molecule has 0 unspecified atom stereocenters. The molecule has 0 aromatic heterocycles. The fourth-order valence-corrected chi connectivity index (χ4v) is 5.20. The molecular weight excluding hydrogens is 333 g/mol. The molecule has 1 aromatic carbocycles. The number of sulfone groups is 1. The van der Waals surface area contributed by atoms with Crippen molar-refractivity contribution in [3.8, 4) is 0 Å². The van der Waals surface area contributed by atoms with Gasteiger partial charge in [-0.15, -0.1) is 0 Å². The third-order valence-electron chi connectivity index (χ3n) is 3.80. The van der Waals surface area contributed by atoms with E-state index in [1.54, 1.807) is 12.1 Å². The summed E-state index contributed by atoms with van der Waals surface area (Å²) >= 11 is 12.2. The second-order valence-corrected chi connectivity index (χ2v) is 7.84. The number of hydrogen-bond donors (Lipinski definition) is 0. The first-order valence-corrected chi connectivity index (χ1v) is 8.98. The molecule has 0 amide bonds. The maximum absolute atomic E-state index is 12.6. The average molecular weight is 348 g/mol. The zero-order valence-corrected chi connectivity index (χ0v) is 13.6. The molecule has 2 aliphatic heterocycles. The van der Waals surface area contributed by atoms with Gasteiger partial charge < -0.3 is 4.74 Å². The van der Waals surface area contributed by atoms with E-state index in [-0.39, 0.29) is 4.90 Å². The fraction of sp³-hybridized carbons (Fsp3) is 0.429. The second kappa shape index (κ2) is 5.89. The molecular formula is C14H15Cl2NO3S. The third-order valence-corrected chi connectivity index (χ3v) is 6.55. The summed E-state index contributed by atoms with van der Waals surface area (Å²) < 4.78 is 30.4. The van der Waals surface area contributed by atoms with Gasteiger partial charge in [-0.2, -0.15) is 0 Å². The van der Waals surface area contributed by atoms with Crippen molar-refractivity contribution >= 4 is 38.1 Å². The number of rotatable bonds is 3. The van der Waals surface area contributed by atoms with Crippen LogP contribution >= 0.6 is 23.2 Å². The maximum atomic E-state index is 12.6. The zero-order valence-electron chi connectivity index (χ0n) is 11.3. The lowest BCUT2D eigenvalue weighted by molar-refractivity contribution is 0.0386. The molecule has 0 bridgehead atoms. The van der Waals surface area contributed by atoms with Crippen LogP contribution in [0, 0.1) is 0 Å². The summed E-state index contributed by atoms with van der Waals surface area (Å²) in [7, 11) is -3.51. The van der Waals surface area contributed by atoms with Crippen LogP contribution < -0.4 is 0 Å². The largest absolute Gasteiger partial charge is 0.379 e. The lowest BCUT2D eigenvalue weighted by Gasteiger charge is -2.26. The first-order valence-electron chi connectivity index (χ1n) is 6.74. The van der Waals surface area contributed by atoms with Gasteiger partial charge in [0.05, 0.1) is 28.0 Å². The van der Waals surface area contributed by atoms with Crippen molar-refractivity contribution in [2.45, 2.75) is 11.3 Å². The molecule has 0 aliphatic carbocycles. The van der Waals surface area contributed by atoms with Crippen LogP contribution in [-0.2, 0) is 14.6 Å². The topological polar surface area (TPSA) is 46.6 Å². The number of halogens is 2. The minimum atomic E-state index is -3.51. The van der Waals surface area contributed by atoms with Gasteiger partial charge in [0, 0.05) is 30.2 Å². The molecule has 7 heteroatoms. The lowest BCUT2D eigenvalue weighted by atomic mass is 10.2. The number of fused-ring (bicyclic) bond motifs is 1. The first-order chi connectivity index (χ1) is 10.00. The van der Waals surface area contributed by atoms with E-state index in [0.29, 0.717) is 46.7 Å². The standard InChI is InChI=1S/C14H15Cl2NO3S/c15-10-1-2-11-13(9-10)21(18,19)12(14(11)16)3-4-17-5-7-20-8-6-17/h1-2,9H,3-8H2. The Morgan fingerprint density at radius 2 is 1.90 bits per heavy atom. The van der Waals surface area contributed by atoms with Gasteiger partial charge in [-0.1, -0.05) is 29.3 Å². The molecule has 0 saturated carbocycles. The quantitative estimate of drug-likeness (QED) is 0.843. The van der Waals surface area contributed by atoms with Gasteiger partial charge >= 0.3 is 0 Å². The first kappa shape index (κ1) is 15.3. The number of nitrogens with zero attached hydrogens (tertiary/aromatic N) is 1. The average Bonchev–Trinajstić information content (AvgIpc) is 2.65. The van der Waals surface area contributed by atoms with Crippen LogP contribution in [0.1, 0.15) is 12.0 Å².